The maximum atomic E-state index is 12.4. The second-order valence-electron chi connectivity index (χ2n) is 5.25. The Balaban J connectivity index is 1.76. The molecule has 0 radical (unpaired) electrons. The van der Waals surface area contributed by atoms with Gasteiger partial charge in [-0.15, -0.1) is 0 Å². The highest BCUT2D eigenvalue weighted by Gasteiger charge is 2.09. The third-order valence-electron chi connectivity index (χ3n) is 3.48. The Morgan fingerprint density at radius 1 is 1.04 bits per heavy atom. The molecule has 1 heterocycles. The van der Waals surface area contributed by atoms with E-state index in [1.807, 2.05) is 30.3 Å². The first-order chi connectivity index (χ1) is 12.2. The van der Waals surface area contributed by atoms with Gasteiger partial charge in [-0.1, -0.05) is 29.8 Å². The van der Waals surface area contributed by atoms with Gasteiger partial charge in [-0.05, 0) is 30.3 Å². The number of aromatic nitrogens is 1. The molecule has 0 unspecified atom stereocenters. The number of benzene rings is 2. The van der Waals surface area contributed by atoms with Crippen LogP contribution in [0.2, 0.25) is 5.02 Å². The summed E-state index contributed by atoms with van der Waals surface area (Å²) in [6.07, 6.45) is 3.14. The van der Waals surface area contributed by atoms with E-state index in [1.165, 1.54) is 6.20 Å². The summed E-state index contributed by atoms with van der Waals surface area (Å²) in [6.45, 7) is 0. The molecule has 0 aliphatic heterocycles. The van der Waals surface area contributed by atoms with Gasteiger partial charge in [0, 0.05) is 18.0 Å². The van der Waals surface area contributed by atoms with Gasteiger partial charge in [-0.25, -0.2) is 0 Å². The van der Waals surface area contributed by atoms with Crippen LogP contribution in [-0.4, -0.2) is 18.0 Å². The van der Waals surface area contributed by atoms with Crippen LogP contribution in [-0.2, 0) is 0 Å². The number of pyridine rings is 1. The lowest BCUT2D eigenvalue weighted by Gasteiger charge is -2.10. The van der Waals surface area contributed by atoms with Gasteiger partial charge in [0.1, 0.15) is 5.75 Å². The van der Waals surface area contributed by atoms with Crippen LogP contribution >= 0.6 is 11.6 Å². The van der Waals surface area contributed by atoms with Crippen LogP contribution in [0.4, 0.5) is 17.1 Å². The van der Waals surface area contributed by atoms with E-state index in [4.69, 9.17) is 16.3 Å². The summed E-state index contributed by atoms with van der Waals surface area (Å²) in [4.78, 5) is 16.6. The van der Waals surface area contributed by atoms with Crippen molar-refractivity contribution in [2.24, 2.45) is 0 Å². The van der Waals surface area contributed by atoms with Crippen molar-refractivity contribution in [3.8, 4) is 5.75 Å². The second kappa shape index (κ2) is 7.68. The lowest BCUT2D eigenvalue weighted by atomic mass is 10.2. The average Bonchev–Trinajstić information content (AvgIpc) is 2.64. The lowest BCUT2D eigenvalue weighted by molar-refractivity contribution is 0.102. The number of para-hydroxylation sites is 1. The fourth-order valence-electron chi connectivity index (χ4n) is 2.25. The molecule has 1 aromatic heterocycles. The van der Waals surface area contributed by atoms with E-state index >= 15 is 0 Å². The fourth-order valence-corrected chi connectivity index (χ4v) is 2.44. The molecule has 0 spiro atoms. The quantitative estimate of drug-likeness (QED) is 0.695. The number of methoxy groups -OCH3 is 1. The van der Waals surface area contributed by atoms with Crippen LogP contribution in [0.25, 0.3) is 0 Å². The highest BCUT2D eigenvalue weighted by Crippen LogP contribution is 2.25. The predicted octanol–water partition coefficient (Wildman–Crippen LogP) is 4.74. The van der Waals surface area contributed by atoms with Gasteiger partial charge in [0.25, 0.3) is 5.91 Å². The maximum Gasteiger partial charge on any atom is 0.257 e. The Kier molecular flexibility index (Phi) is 5.16. The van der Waals surface area contributed by atoms with Crippen molar-refractivity contribution in [2.45, 2.75) is 0 Å². The Labute approximate surface area is 150 Å². The summed E-state index contributed by atoms with van der Waals surface area (Å²) < 4.78 is 5.15. The number of nitrogens with zero attached hydrogens (tertiary/aromatic N) is 1. The molecular formula is C19H16ClN3O2. The smallest absolute Gasteiger partial charge is 0.257 e. The number of anilines is 3. The summed E-state index contributed by atoms with van der Waals surface area (Å²) in [7, 11) is 1.58. The van der Waals surface area contributed by atoms with E-state index in [1.54, 1.807) is 37.6 Å². The van der Waals surface area contributed by atoms with Crippen molar-refractivity contribution in [3.63, 3.8) is 0 Å². The Hall–Kier alpha value is -3.05. The maximum absolute atomic E-state index is 12.4. The fraction of sp³-hybridized carbons (Fsp3) is 0.0526. The van der Waals surface area contributed by atoms with Gasteiger partial charge in [0.2, 0.25) is 0 Å². The molecule has 2 N–H and O–H groups in total. The number of halogens is 1. The highest BCUT2D eigenvalue weighted by atomic mass is 35.5. The van der Waals surface area contributed by atoms with Gasteiger partial charge in [0.05, 0.1) is 35.3 Å². The molecule has 3 aromatic rings. The van der Waals surface area contributed by atoms with Crippen molar-refractivity contribution < 1.29 is 9.53 Å². The molecule has 0 aliphatic carbocycles. The summed E-state index contributed by atoms with van der Waals surface area (Å²) in [6, 6.07) is 16.2. The SMILES string of the molecule is COc1cccc(NC(=O)c2cncc(Nc3ccccc3Cl)c2)c1. The molecule has 3 rings (SSSR count). The van der Waals surface area contributed by atoms with Crippen LogP contribution in [0.15, 0.2) is 67.0 Å². The van der Waals surface area contributed by atoms with Crippen molar-refractivity contribution in [2.75, 3.05) is 17.7 Å². The number of nitrogens with one attached hydrogen (secondary N) is 2. The molecule has 0 atom stereocenters. The van der Waals surface area contributed by atoms with Crippen LogP contribution in [0.1, 0.15) is 10.4 Å². The molecule has 0 saturated carbocycles. The first-order valence-corrected chi connectivity index (χ1v) is 7.95. The van der Waals surface area contributed by atoms with Gasteiger partial charge >= 0.3 is 0 Å². The summed E-state index contributed by atoms with van der Waals surface area (Å²) in [5.41, 5.74) is 2.50. The van der Waals surface area contributed by atoms with E-state index in [-0.39, 0.29) is 5.91 Å². The Morgan fingerprint density at radius 2 is 1.88 bits per heavy atom. The second-order valence-corrected chi connectivity index (χ2v) is 5.66. The normalized spacial score (nSPS) is 10.2. The molecule has 126 valence electrons. The van der Waals surface area contributed by atoms with E-state index in [2.05, 4.69) is 15.6 Å². The molecule has 6 heteroatoms. The number of rotatable bonds is 5. The number of ether oxygens (including phenoxy) is 1. The Morgan fingerprint density at radius 3 is 2.68 bits per heavy atom. The standard InChI is InChI=1S/C19H16ClN3O2/c1-25-16-6-4-5-14(10-16)23-19(24)13-9-15(12-21-11-13)22-18-8-3-2-7-17(18)20/h2-12,22H,1H3,(H,23,24). The minimum Gasteiger partial charge on any atom is -0.497 e. The molecule has 1 amide bonds. The number of hydrogen-bond donors (Lipinski definition) is 2. The van der Waals surface area contributed by atoms with Crippen molar-refractivity contribution in [3.05, 3.63) is 77.6 Å². The van der Waals surface area contributed by atoms with Crippen LogP contribution in [0, 0.1) is 0 Å². The number of amides is 1. The average molecular weight is 354 g/mol. The zero-order chi connectivity index (χ0) is 17.6. The number of hydrogen-bond acceptors (Lipinski definition) is 4. The topological polar surface area (TPSA) is 63.2 Å². The minimum atomic E-state index is -0.261. The van der Waals surface area contributed by atoms with E-state index in [0.29, 0.717) is 27.7 Å². The molecule has 0 bridgehead atoms. The van der Waals surface area contributed by atoms with Crippen molar-refractivity contribution in [1.29, 1.82) is 0 Å². The third kappa shape index (κ3) is 4.28. The van der Waals surface area contributed by atoms with Crippen LogP contribution in [0.5, 0.6) is 5.75 Å². The summed E-state index contributed by atoms with van der Waals surface area (Å²) in [5, 5.41) is 6.57. The number of carbonyl (C=O) groups is 1. The first-order valence-electron chi connectivity index (χ1n) is 7.58. The zero-order valence-electron chi connectivity index (χ0n) is 13.5. The molecule has 5 nitrogen and oxygen atoms in total. The molecule has 25 heavy (non-hydrogen) atoms. The predicted molar refractivity (Wildman–Crippen MR) is 99.9 cm³/mol. The monoisotopic (exact) mass is 353 g/mol. The molecule has 2 aromatic carbocycles. The van der Waals surface area contributed by atoms with Gasteiger partial charge in [0.15, 0.2) is 0 Å². The van der Waals surface area contributed by atoms with Crippen LogP contribution < -0.4 is 15.4 Å². The summed E-state index contributed by atoms with van der Waals surface area (Å²) in [5.74, 6) is 0.411. The molecular weight excluding hydrogens is 338 g/mol. The Bertz CT molecular complexity index is 899. The van der Waals surface area contributed by atoms with Gasteiger partial charge < -0.3 is 15.4 Å². The van der Waals surface area contributed by atoms with Gasteiger partial charge in [-0.3, -0.25) is 9.78 Å². The largest absolute Gasteiger partial charge is 0.497 e. The van der Waals surface area contributed by atoms with Gasteiger partial charge in [-0.2, -0.15) is 0 Å². The number of carbonyl (C=O) groups excluding carboxylic acids is 1. The highest BCUT2D eigenvalue weighted by molar-refractivity contribution is 6.33. The summed E-state index contributed by atoms with van der Waals surface area (Å²) >= 11 is 6.14. The molecule has 0 fully saturated rings. The van der Waals surface area contributed by atoms with Crippen LogP contribution in [0.3, 0.4) is 0 Å². The van der Waals surface area contributed by atoms with Crippen molar-refractivity contribution >= 4 is 34.6 Å². The zero-order valence-corrected chi connectivity index (χ0v) is 14.2. The molecule has 0 saturated heterocycles. The first kappa shape index (κ1) is 16.8. The van der Waals surface area contributed by atoms with Crippen molar-refractivity contribution in [1.82, 2.24) is 4.98 Å². The third-order valence-corrected chi connectivity index (χ3v) is 3.81. The van der Waals surface area contributed by atoms with E-state index in [0.717, 1.165) is 5.69 Å². The van der Waals surface area contributed by atoms with E-state index in [9.17, 15) is 4.79 Å². The minimum absolute atomic E-state index is 0.261. The van der Waals surface area contributed by atoms with E-state index < -0.39 is 0 Å². The lowest BCUT2D eigenvalue weighted by Crippen LogP contribution is -2.12. The molecule has 0 aliphatic rings.